The molecule has 1 aliphatic carbocycles. The Morgan fingerprint density at radius 2 is 2.00 bits per heavy atom. The van der Waals surface area contributed by atoms with Crippen molar-refractivity contribution in [2.45, 2.75) is 39.8 Å². The first-order valence-corrected chi connectivity index (χ1v) is 9.92. The number of pyridine rings is 1. The maximum absolute atomic E-state index is 12.6. The molecular formula is C23H24N4O3. The monoisotopic (exact) mass is 404 g/mol. The zero-order chi connectivity index (χ0) is 21.3. The first-order valence-electron chi connectivity index (χ1n) is 9.92. The predicted molar refractivity (Wildman–Crippen MR) is 112 cm³/mol. The second-order valence-electron chi connectivity index (χ2n) is 8.58. The molecule has 2 heterocycles. The van der Waals surface area contributed by atoms with E-state index in [0.717, 1.165) is 11.1 Å². The van der Waals surface area contributed by atoms with Crippen molar-refractivity contribution >= 4 is 11.7 Å². The topological polar surface area (TPSA) is 96.8 Å². The Labute approximate surface area is 174 Å². The van der Waals surface area contributed by atoms with Gasteiger partial charge in [-0.1, -0.05) is 38.1 Å². The Morgan fingerprint density at radius 3 is 2.77 bits per heavy atom. The van der Waals surface area contributed by atoms with Gasteiger partial charge in [0.25, 0.3) is 11.5 Å². The highest BCUT2D eigenvalue weighted by atomic mass is 16.2. The highest BCUT2D eigenvalue weighted by molar-refractivity contribution is 6.02. The van der Waals surface area contributed by atoms with E-state index >= 15 is 0 Å². The van der Waals surface area contributed by atoms with Crippen LogP contribution in [-0.2, 0) is 19.5 Å². The number of nitrogens with zero attached hydrogens (tertiary/aromatic N) is 2. The van der Waals surface area contributed by atoms with Gasteiger partial charge in [0.15, 0.2) is 5.78 Å². The van der Waals surface area contributed by atoms with Crippen LogP contribution in [0.2, 0.25) is 0 Å². The van der Waals surface area contributed by atoms with Crippen LogP contribution in [0.1, 0.15) is 57.8 Å². The van der Waals surface area contributed by atoms with Crippen molar-refractivity contribution in [1.29, 1.82) is 0 Å². The van der Waals surface area contributed by atoms with Crippen molar-refractivity contribution in [3.63, 3.8) is 0 Å². The van der Waals surface area contributed by atoms with E-state index < -0.39 is 11.5 Å². The maximum Gasteiger partial charge on any atom is 0.261 e. The van der Waals surface area contributed by atoms with Crippen LogP contribution in [0.25, 0.3) is 0 Å². The molecule has 0 atom stereocenters. The number of H-pyrrole nitrogens is 1. The number of hydrogen-bond acceptors (Lipinski definition) is 4. The van der Waals surface area contributed by atoms with E-state index in [-0.39, 0.29) is 23.3 Å². The summed E-state index contributed by atoms with van der Waals surface area (Å²) in [6, 6.07) is 9.30. The molecule has 0 unspecified atom stereocenters. The molecule has 1 aromatic carbocycles. The zero-order valence-electron chi connectivity index (χ0n) is 17.1. The van der Waals surface area contributed by atoms with Gasteiger partial charge in [-0.05, 0) is 29.0 Å². The van der Waals surface area contributed by atoms with Crippen LogP contribution in [0.4, 0.5) is 0 Å². The number of nitrogens with one attached hydrogen (secondary N) is 2. The number of ketones is 1. The Balaban J connectivity index is 1.48. The van der Waals surface area contributed by atoms with E-state index in [1.807, 2.05) is 48.9 Å². The molecular weight excluding hydrogens is 380 g/mol. The minimum Gasteiger partial charge on any atom is -0.348 e. The van der Waals surface area contributed by atoms with Crippen molar-refractivity contribution in [3.05, 3.63) is 87.4 Å². The van der Waals surface area contributed by atoms with Crippen molar-refractivity contribution in [3.8, 4) is 0 Å². The van der Waals surface area contributed by atoms with Crippen molar-refractivity contribution in [2.24, 2.45) is 5.41 Å². The number of hydrogen-bond donors (Lipinski definition) is 2. The lowest BCUT2D eigenvalue weighted by atomic mass is 9.75. The molecule has 3 aromatic rings. The average Bonchev–Trinajstić information content (AvgIpc) is 3.18. The summed E-state index contributed by atoms with van der Waals surface area (Å²) in [4.78, 5) is 44.4. The van der Waals surface area contributed by atoms with Crippen molar-refractivity contribution in [1.82, 2.24) is 19.9 Å². The summed E-state index contributed by atoms with van der Waals surface area (Å²) < 4.78 is 1.96. The van der Waals surface area contributed by atoms with Crippen LogP contribution in [0.15, 0.2) is 53.8 Å². The molecule has 0 spiro atoms. The lowest BCUT2D eigenvalue weighted by molar-refractivity contribution is 0.0910. The number of benzene rings is 1. The average molecular weight is 404 g/mol. The van der Waals surface area contributed by atoms with Gasteiger partial charge in [-0.25, -0.2) is 4.98 Å². The molecule has 0 radical (unpaired) electrons. The second-order valence-corrected chi connectivity index (χ2v) is 8.58. The molecule has 7 heteroatoms. The summed E-state index contributed by atoms with van der Waals surface area (Å²) in [6.07, 6.45) is 6.37. The molecule has 0 saturated heterocycles. The Bertz CT molecular complexity index is 1160. The highest BCUT2D eigenvalue weighted by Crippen LogP contribution is 2.33. The lowest BCUT2D eigenvalue weighted by Crippen LogP contribution is -2.34. The fourth-order valence-corrected chi connectivity index (χ4v) is 3.90. The zero-order valence-corrected chi connectivity index (χ0v) is 17.1. The summed E-state index contributed by atoms with van der Waals surface area (Å²) in [7, 11) is 0. The first kappa shape index (κ1) is 19.8. The van der Waals surface area contributed by atoms with E-state index in [1.54, 1.807) is 12.5 Å². The Kier molecular flexibility index (Phi) is 5.11. The number of amides is 1. The number of carbonyl (C=O) groups excluding carboxylic acids is 2. The SMILES string of the molecule is CC1(C)CC(=O)c2cc(C(=O)NCc3cccc(Cn4ccnc4)c3)c(=O)[nH]c2C1. The molecule has 0 saturated carbocycles. The summed E-state index contributed by atoms with van der Waals surface area (Å²) in [5.41, 5.74) is 2.37. The van der Waals surface area contributed by atoms with Crippen molar-refractivity contribution < 1.29 is 9.59 Å². The molecule has 1 aliphatic rings. The predicted octanol–water partition coefficient (Wildman–Crippen LogP) is 2.70. The van der Waals surface area contributed by atoms with E-state index in [1.165, 1.54) is 6.07 Å². The van der Waals surface area contributed by atoms with E-state index in [4.69, 9.17) is 0 Å². The van der Waals surface area contributed by atoms with Crippen LogP contribution >= 0.6 is 0 Å². The number of imidazole rings is 1. The minimum absolute atomic E-state index is 0.0311. The molecule has 2 N–H and O–H groups in total. The third-order valence-corrected chi connectivity index (χ3v) is 5.33. The summed E-state index contributed by atoms with van der Waals surface area (Å²) >= 11 is 0. The van der Waals surface area contributed by atoms with E-state index in [9.17, 15) is 14.4 Å². The summed E-state index contributed by atoms with van der Waals surface area (Å²) in [5.74, 6) is -0.532. The van der Waals surface area contributed by atoms with Gasteiger partial charge >= 0.3 is 0 Å². The number of rotatable bonds is 5. The third-order valence-electron chi connectivity index (χ3n) is 5.33. The van der Waals surface area contributed by atoms with Gasteiger partial charge in [0.05, 0.1) is 6.33 Å². The smallest absolute Gasteiger partial charge is 0.261 e. The normalized spacial score (nSPS) is 14.9. The molecule has 7 nitrogen and oxygen atoms in total. The Morgan fingerprint density at radius 1 is 1.20 bits per heavy atom. The number of carbonyl (C=O) groups is 2. The van der Waals surface area contributed by atoms with Gasteiger partial charge < -0.3 is 14.9 Å². The molecule has 0 fully saturated rings. The number of Topliss-reactive ketones (excluding diaryl/α,β-unsaturated/α-hetero) is 1. The molecule has 2 aromatic heterocycles. The van der Waals surface area contributed by atoms with Crippen LogP contribution in [0, 0.1) is 5.41 Å². The molecule has 1 amide bonds. The van der Waals surface area contributed by atoms with Crippen LogP contribution in [0.3, 0.4) is 0 Å². The van der Waals surface area contributed by atoms with Crippen LogP contribution < -0.4 is 10.9 Å². The fourth-order valence-electron chi connectivity index (χ4n) is 3.90. The minimum atomic E-state index is -0.489. The number of fused-ring (bicyclic) bond motifs is 1. The van der Waals surface area contributed by atoms with Gasteiger partial charge in [-0.15, -0.1) is 0 Å². The third kappa shape index (κ3) is 4.25. The molecule has 154 valence electrons. The fraction of sp³-hybridized carbons (Fsp3) is 0.304. The Hall–Kier alpha value is -3.48. The molecule has 4 rings (SSSR count). The first-order chi connectivity index (χ1) is 14.3. The van der Waals surface area contributed by atoms with Gasteiger partial charge in [-0.2, -0.15) is 0 Å². The van der Waals surface area contributed by atoms with Crippen LogP contribution in [-0.4, -0.2) is 26.2 Å². The number of aromatic amines is 1. The van der Waals surface area contributed by atoms with Crippen molar-refractivity contribution in [2.75, 3.05) is 0 Å². The standard InChI is InChI=1S/C23H24N4O3/c1-23(2)10-19-17(20(28)11-23)9-18(22(30)26-19)21(29)25-12-15-4-3-5-16(8-15)13-27-7-6-24-14-27/h3-9,14H,10-13H2,1-2H3,(H,25,29)(H,26,30). The molecule has 30 heavy (non-hydrogen) atoms. The van der Waals surface area contributed by atoms with E-state index in [2.05, 4.69) is 15.3 Å². The second kappa shape index (κ2) is 7.74. The molecule has 0 bridgehead atoms. The van der Waals surface area contributed by atoms with Gasteiger partial charge in [0.2, 0.25) is 0 Å². The van der Waals surface area contributed by atoms with Gasteiger partial charge in [0, 0.05) is 43.2 Å². The summed E-state index contributed by atoms with van der Waals surface area (Å²) in [6.45, 7) is 4.96. The van der Waals surface area contributed by atoms with Gasteiger partial charge in [-0.3, -0.25) is 14.4 Å². The lowest BCUT2D eigenvalue weighted by Gasteiger charge is -2.29. The largest absolute Gasteiger partial charge is 0.348 e. The quantitative estimate of drug-likeness (QED) is 0.683. The van der Waals surface area contributed by atoms with Crippen LogP contribution in [0.5, 0.6) is 0 Å². The molecule has 0 aliphatic heterocycles. The highest BCUT2D eigenvalue weighted by Gasteiger charge is 2.32. The summed E-state index contributed by atoms with van der Waals surface area (Å²) in [5, 5.41) is 2.79. The maximum atomic E-state index is 12.6. The van der Waals surface area contributed by atoms with Gasteiger partial charge in [0.1, 0.15) is 5.56 Å². The number of aromatic nitrogens is 3. The van der Waals surface area contributed by atoms with E-state index in [0.29, 0.717) is 30.6 Å².